The van der Waals surface area contributed by atoms with Crippen LogP contribution < -0.4 is 9.64 Å². The fraction of sp³-hybridized carbons (Fsp3) is 0.643. The molecule has 4 nitrogen and oxygen atoms in total. The van der Waals surface area contributed by atoms with E-state index >= 15 is 0 Å². The average Bonchev–Trinajstić information content (AvgIpc) is 2.38. The SMILES string of the molecule is COc1cccc(N2CCN(C(C)(C)C)CC2)n1. The molecule has 0 aromatic carbocycles. The monoisotopic (exact) mass is 249 g/mol. The van der Waals surface area contributed by atoms with E-state index in [1.165, 1.54) is 0 Å². The summed E-state index contributed by atoms with van der Waals surface area (Å²) in [7, 11) is 1.66. The number of ether oxygens (including phenoxy) is 1. The highest BCUT2D eigenvalue weighted by Crippen LogP contribution is 2.20. The number of anilines is 1. The first-order chi connectivity index (χ1) is 8.50. The van der Waals surface area contributed by atoms with Crippen LogP contribution in [0.3, 0.4) is 0 Å². The second-order valence-electron chi connectivity index (χ2n) is 5.68. The minimum Gasteiger partial charge on any atom is -0.481 e. The lowest BCUT2D eigenvalue weighted by molar-refractivity contribution is 0.128. The van der Waals surface area contributed by atoms with Crippen LogP contribution in [0.25, 0.3) is 0 Å². The number of pyridine rings is 1. The standard InChI is InChI=1S/C14H23N3O/c1-14(2,3)17-10-8-16(9-11-17)12-6-5-7-13(15-12)18-4/h5-7H,8-11H2,1-4H3. The largest absolute Gasteiger partial charge is 0.481 e. The third-order valence-corrected chi connectivity index (χ3v) is 3.47. The van der Waals surface area contributed by atoms with E-state index in [4.69, 9.17) is 4.74 Å². The summed E-state index contributed by atoms with van der Waals surface area (Å²) < 4.78 is 5.17. The number of nitrogens with zero attached hydrogens (tertiary/aromatic N) is 3. The van der Waals surface area contributed by atoms with Crippen LogP contribution in [0, 0.1) is 0 Å². The summed E-state index contributed by atoms with van der Waals surface area (Å²) in [6.07, 6.45) is 0. The van der Waals surface area contributed by atoms with Gasteiger partial charge < -0.3 is 9.64 Å². The van der Waals surface area contributed by atoms with Crippen LogP contribution in [0.15, 0.2) is 18.2 Å². The zero-order valence-corrected chi connectivity index (χ0v) is 11.8. The van der Waals surface area contributed by atoms with E-state index in [1.807, 2.05) is 12.1 Å². The summed E-state index contributed by atoms with van der Waals surface area (Å²) in [5.41, 5.74) is 0.258. The Hall–Kier alpha value is -1.29. The van der Waals surface area contributed by atoms with Crippen LogP contribution >= 0.6 is 0 Å². The first-order valence-corrected chi connectivity index (χ1v) is 6.52. The molecule has 18 heavy (non-hydrogen) atoms. The molecular weight excluding hydrogens is 226 g/mol. The first-order valence-electron chi connectivity index (χ1n) is 6.52. The predicted octanol–water partition coefficient (Wildman–Crippen LogP) is 2.01. The molecule has 2 heterocycles. The lowest BCUT2D eigenvalue weighted by atomic mass is 10.1. The van der Waals surface area contributed by atoms with Gasteiger partial charge in [-0.15, -0.1) is 0 Å². The van der Waals surface area contributed by atoms with Crippen LogP contribution in [-0.2, 0) is 0 Å². The Morgan fingerprint density at radius 2 is 1.78 bits per heavy atom. The molecule has 0 bridgehead atoms. The number of methoxy groups -OCH3 is 1. The molecule has 0 amide bonds. The fourth-order valence-electron chi connectivity index (χ4n) is 2.30. The molecule has 0 atom stereocenters. The van der Waals surface area contributed by atoms with Gasteiger partial charge >= 0.3 is 0 Å². The summed E-state index contributed by atoms with van der Waals surface area (Å²) in [4.78, 5) is 9.33. The Morgan fingerprint density at radius 1 is 1.11 bits per heavy atom. The van der Waals surface area contributed by atoms with E-state index in [2.05, 4.69) is 41.6 Å². The lowest BCUT2D eigenvalue weighted by Crippen LogP contribution is -2.53. The Kier molecular flexibility index (Phi) is 3.76. The van der Waals surface area contributed by atoms with Gasteiger partial charge in [-0.1, -0.05) is 6.07 Å². The highest BCUT2D eigenvalue weighted by Gasteiger charge is 2.26. The molecule has 4 heteroatoms. The van der Waals surface area contributed by atoms with Crippen LogP contribution in [0.1, 0.15) is 20.8 Å². The van der Waals surface area contributed by atoms with Crippen molar-refractivity contribution < 1.29 is 4.74 Å². The second-order valence-corrected chi connectivity index (χ2v) is 5.68. The summed E-state index contributed by atoms with van der Waals surface area (Å²) in [5, 5.41) is 0. The molecule has 1 fully saturated rings. The molecule has 0 aliphatic carbocycles. The van der Waals surface area contributed by atoms with E-state index in [9.17, 15) is 0 Å². The van der Waals surface area contributed by atoms with Crippen molar-refractivity contribution in [2.75, 3.05) is 38.2 Å². The van der Waals surface area contributed by atoms with E-state index in [-0.39, 0.29) is 5.54 Å². The van der Waals surface area contributed by atoms with Gasteiger partial charge in [-0.2, -0.15) is 4.98 Å². The highest BCUT2D eigenvalue weighted by atomic mass is 16.5. The van der Waals surface area contributed by atoms with Crippen LogP contribution in [0.2, 0.25) is 0 Å². The summed E-state index contributed by atoms with van der Waals surface area (Å²) >= 11 is 0. The molecule has 0 radical (unpaired) electrons. The van der Waals surface area contributed by atoms with Crippen molar-refractivity contribution in [3.8, 4) is 5.88 Å². The Balaban J connectivity index is 2.01. The minimum absolute atomic E-state index is 0.258. The van der Waals surface area contributed by atoms with Gasteiger partial charge in [0.05, 0.1) is 7.11 Å². The van der Waals surface area contributed by atoms with Crippen molar-refractivity contribution in [3.63, 3.8) is 0 Å². The van der Waals surface area contributed by atoms with Gasteiger partial charge in [0.2, 0.25) is 5.88 Å². The molecule has 0 saturated carbocycles. The van der Waals surface area contributed by atoms with Crippen molar-refractivity contribution >= 4 is 5.82 Å². The molecular formula is C14H23N3O. The van der Waals surface area contributed by atoms with Gasteiger partial charge in [-0.3, -0.25) is 4.90 Å². The summed E-state index contributed by atoms with van der Waals surface area (Å²) in [5.74, 6) is 1.70. The molecule has 0 unspecified atom stereocenters. The maximum atomic E-state index is 5.17. The Morgan fingerprint density at radius 3 is 2.33 bits per heavy atom. The van der Waals surface area contributed by atoms with Crippen LogP contribution in [0.5, 0.6) is 5.88 Å². The predicted molar refractivity (Wildman–Crippen MR) is 74.3 cm³/mol. The van der Waals surface area contributed by atoms with Crippen molar-refractivity contribution in [1.29, 1.82) is 0 Å². The molecule has 100 valence electrons. The highest BCUT2D eigenvalue weighted by molar-refractivity contribution is 5.41. The first kappa shape index (κ1) is 13.1. The van der Waals surface area contributed by atoms with Crippen LogP contribution in [-0.4, -0.2) is 48.7 Å². The second kappa shape index (κ2) is 5.14. The van der Waals surface area contributed by atoms with Crippen molar-refractivity contribution in [3.05, 3.63) is 18.2 Å². The van der Waals surface area contributed by atoms with E-state index in [1.54, 1.807) is 7.11 Å². The summed E-state index contributed by atoms with van der Waals surface area (Å²) in [6, 6.07) is 5.93. The van der Waals surface area contributed by atoms with Crippen molar-refractivity contribution in [2.24, 2.45) is 0 Å². The van der Waals surface area contributed by atoms with E-state index < -0.39 is 0 Å². The van der Waals surface area contributed by atoms with Gasteiger partial charge in [0.1, 0.15) is 5.82 Å². The zero-order valence-electron chi connectivity index (χ0n) is 11.8. The molecule has 1 aliphatic heterocycles. The maximum absolute atomic E-state index is 5.17. The molecule has 1 aromatic heterocycles. The number of piperazine rings is 1. The number of rotatable bonds is 2. The molecule has 2 rings (SSSR count). The smallest absolute Gasteiger partial charge is 0.214 e. The van der Waals surface area contributed by atoms with E-state index in [0.29, 0.717) is 5.88 Å². The normalized spacial score (nSPS) is 17.9. The average molecular weight is 249 g/mol. The number of aromatic nitrogens is 1. The van der Waals surface area contributed by atoms with Crippen molar-refractivity contribution in [2.45, 2.75) is 26.3 Å². The lowest BCUT2D eigenvalue weighted by Gasteiger charge is -2.42. The molecule has 1 aromatic rings. The zero-order chi connectivity index (χ0) is 13.2. The number of hydrogen-bond acceptors (Lipinski definition) is 4. The molecule has 1 aliphatic rings. The van der Waals surface area contributed by atoms with Gasteiger partial charge in [0, 0.05) is 37.8 Å². The fourth-order valence-corrected chi connectivity index (χ4v) is 2.30. The Bertz CT molecular complexity index is 392. The molecule has 1 saturated heterocycles. The Labute approximate surface area is 110 Å². The van der Waals surface area contributed by atoms with Gasteiger partial charge in [-0.25, -0.2) is 0 Å². The number of hydrogen-bond donors (Lipinski definition) is 0. The van der Waals surface area contributed by atoms with E-state index in [0.717, 1.165) is 32.0 Å². The minimum atomic E-state index is 0.258. The molecule has 0 spiro atoms. The third kappa shape index (κ3) is 2.93. The quantitative estimate of drug-likeness (QED) is 0.801. The summed E-state index contributed by atoms with van der Waals surface area (Å²) in [6.45, 7) is 11.0. The topological polar surface area (TPSA) is 28.6 Å². The van der Waals surface area contributed by atoms with Crippen LogP contribution in [0.4, 0.5) is 5.82 Å². The van der Waals surface area contributed by atoms with Gasteiger partial charge in [0.15, 0.2) is 0 Å². The van der Waals surface area contributed by atoms with Gasteiger partial charge in [0.25, 0.3) is 0 Å². The maximum Gasteiger partial charge on any atom is 0.214 e. The third-order valence-electron chi connectivity index (χ3n) is 3.47. The van der Waals surface area contributed by atoms with Crippen molar-refractivity contribution in [1.82, 2.24) is 9.88 Å². The molecule has 0 N–H and O–H groups in total. The van der Waals surface area contributed by atoms with Gasteiger partial charge in [-0.05, 0) is 26.8 Å².